The van der Waals surface area contributed by atoms with Gasteiger partial charge < -0.3 is 21.0 Å². The second kappa shape index (κ2) is 5.43. The summed E-state index contributed by atoms with van der Waals surface area (Å²) in [7, 11) is 1.42. The molecule has 0 rings (SSSR count). The fourth-order valence-electron chi connectivity index (χ4n) is 0.919. The third kappa shape index (κ3) is 3.21. The van der Waals surface area contributed by atoms with Gasteiger partial charge >= 0.3 is 0 Å². The van der Waals surface area contributed by atoms with Crippen molar-refractivity contribution in [2.75, 3.05) is 13.7 Å². The highest BCUT2D eigenvalue weighted by molar-refractivity contribution is 5.93. The second-order valence-corrected chi connectivity index (χ2v) is 3.15. The van der Waals surface area contributed by atoms with E-state index in [2.05, 4.69) is 15.2 Å². The standard InChI is InChI=1S/C8H17N3O3/c1-4-8(2,7(9)11-13)10-6(12)5-14-3/h13H,4-5H2,1-3H3,(H2,9,11)(H,10,12). The SMILES string of the molecule is CCC(C)(NC(=O)COC)C(N)=NO. The lowest BCUT2D eigenvalue weighted by atomic mass is 9.97. The van der Waals surface area contributed by atoms with E-state index in [1.807, 2.05) is 6.92 Å². The monoisotopic (exact) mass is 203 g/mol. The molecule has 14 heavy (non-hydrogen) atoms. The van der Waals surface area contributed by atoms with Gasteiger partial charge in [-0.3, -0.25) is 4.79 Å². The molecular formula is C8H17N3O3. The summed E-state index contributed by atoms with van der Waals surface area (Å²) < 4.78 is 4.65. The Hall–Kier alpha value is -1.30. The van der Waals surface area contributed by atoms with Gasteiger partial charge in [-0.1, -0.05) is 12.1 Å². The Morgan fingerprint density at radius 3 is 2.64 bits per heavy atom. The molecule has 1 amide bonds. The number of ether oxygens (including phenoxy) is 1. The molecule has 0 bridgehead atoms. The topological polar surface area (TPSA) is 96.9 Å². The van der Waals surface area contributed by atoms with E-state index in [-0.39, 0.29) is 18.3 Å². The zero-order chi connectivity index (χ0) is 11.2. The Bertz CT molecular complexity index is 230. The fraction of sp³-hybridized carbons (Fsp3) is 0.750. The third-order valence-electron chi connectivity index (χ3n) is 2.07. The molecule has 1 unspecified atom stereocenters. The maximum atomic E-state index is 11.2. The molecule has 0 aromatic rings. The highest BCUT2D eigenvalue weighted by Crippen LogP contribution is 2.08. The molecule has 0 fully saturated rings. The average molecular weight is 203 g/mol. The molecule has 6 heteroatoms. The van der Waals surface area contributed by atoms with Crippen molar-refractivity contribution >= 4 is 11.7 Å². The van der Waals surface area contributed by atoms with E-state index < -0.39 is 5.54 Å². The minimum absolute atomic E-state index is 0.0237. The molecule has 0 aliphatic heterocycles. The fourth-order valence-corrected chi connectivity index (χ4v) is 0.919. The van der Waals surface area contributed by atoms with Crippen LogP contribution < -0.4 is 11.1 Å². The molecule has 0 heterocycles. The molecule has 0 saturated heterocycles. The molecule has 6 nitrogen and oxygen atoms in total. The number of nitrogens with zero attached hydrogens (tertiary/aromatic N) is 1. The Morgan fingerprint density at radius 1 is 1.71 bits per heavy atom. The van der Waals surface area contributed by atoms with Gasteiger partial charge in [-0.25, -0.2) is 0 Å². The summed E-state index contributed by atoms with van der Waals surface area (Å²) in [4.78, 5) is 11.2. The summed E-state index contributed by atoms with van der Waals surface area (Å²) in [5.41, 5.74) is 4.62. The van der Waals surface area contributed by atoms with E-state index in [0.29, 0.717) is 6.42 Å². The molecule has 0 aliphatic rings. The van der Waals surface area contributed by atoms with E-state index in [0.717, 1.165) is 0 Å². The molecule has 0 aromatic heterocycles. The molecule has 0 aromatic carbocycles. The molecule has 0 aliphatic carbocycles. The van der Waals surface area contributed by atoms with Gasteiger partial charge in [0.1, 0.15) is 6.61 Å². The third-order valence-corrected chi connectivity index (χ3v) is 2.07. The second-order valence-electron chi connectivity index (χ2n) is 3.15. The quantitative estimate of drug-likeness (QED) is 0.246. The number of nitrogens with two attached hydrogens (primary N) is 1. The number of amides is 1. The largest absolute Gasteiger partial charge is 0.409 e. The molecule has 0 saturated carbocycles. The summed E-state index contributed by atoms with van der Waals surface area (Å²) >= 11 is 0. The summed E-state index contributed by atoms with van der Waals surface area (Å²) in [5.74, 6) is -0.326. The number of hydrogen-bond donors (Lipinski definition) is 3. The van der Waals surface area contributed by atoms with Crippen molar-refractivity contribution in [1.82, 2.24) is 5.32 Å². The Balaban J connectivity index is 4.48. The molecule has 82 valence electrons. The van der Waals surface area contributed by atoms with Gasteiger partial charge in [-0.2, -0.15) is 0 Å². The van der Waals surface area contributed by atoms with Crippen LogP contribution >= 0.6 is 0 Å². The number of oxime groups is 1. The van der Waals surface area contributed by atoms with E-state index in [1.165, 1.54) is 7.11 Å². The first-order chi connectivity index (χ1) is 6.50. The zero-order valence-corrected chi connectivity index (χ0v) is 8.70. The Kier molecular flexibility index (Phi) is 4.93. The normalized spacial score (nSPS) is 16.1. The molecule has 1 atom stereocenters. The minimum Gasteiger partial charge on any atom is -0.409 e. The van der Waals surface area contributed by atoms with E-state index in [4.69, 9.17) is 10.9 Å². The predicted octanol–water partition coefficient (Wildman–Crippen LogP) is -0.336. The minimum atomic E-state index is -0.829. The number of rotatable bonds is 5. The van der Waals surface area contributed by atoms with Crippen molar-refractivity contribution in [2.45, 2.75) is 25.8 Å². The first kappa shape index (κ1) is 12.7. The van der Waals surface area contributed by atoms with Gasteiger partial charge in [0.25, 0.3) is 0 Å². The van der Waals surface area contributed by atoms with Crippen molar-refractivity contribution in [3.05, 3.63) is 0 Å². The van der Waals surface area contributed by atoms with E-state index in [1.54, 1.807) is 6.92 Å². The first-order valence-corrected chi connectivity index (χ1v) is 4.28. The van der Waals surface area contributed by atoms with Crippen molar-refractivity contribution in [3.63, 3.8) is 0 Å². The number of nitrogens with one attached hydrogen (secondary N) is 1. The number of amidine groups is 1. The Morgan fingerprint density at radius 2 is 2.29 bits per heavy atom. The summed E-state index contributed by atoms with van der Waals surface area (Å²) in [6.07, 6.45) is 0.526. The summed E-state index contributed by atoms with van der Waals surface area (Å²) in [6, 6.07) is 0. The van der Waals surface area contributed by atoms with Crippen LogP contribution in [-0.2, 0) is 9.53 Å². The van der Waals surface area contributed by atoms with Crippen LogP contribution in [0.1, 0.15) is 20.3 Å². The predicted molar refractivity (Wildman–Crippen MR) is 52.1 cm³/mol. The van der Waals surface area contributed by atoms with Crippen molar-refractivity contribution in [1.29, 1.82) is 0 Å². The van der Waals surface area contributed by atoms with Crippen LogP contribution in [0.5, 0.6) is 0 Å². The van der Waals surface area contributed by atoms with Gasteiger partial charge in [-0.05, 0) is 13.3 Å². The summed E-state index contributed by atoms with van der Waals surface area (Å²) in [6.45, 7) is 3.45. The first-order valence-electron chi connectivity index (χ1n) is 4.28. The van der Waals surface area contributed by atoms with Gasteiger partial charge in [0.05, 0.1) is 5.54 Å². The maximum Gasteiger partial charge on any atom is 0.246 e. The van der Waals surface area contributed by atoms with Crippen LogP contribution in [0, 0.1) is 0 Å². The van der Waals surface area contributed by atoms with E-state index >= 15 is 0 Å². The summed E-state index contributed by atoms with van der Waals surface area (Å²) in [5, 5.41) is 14.0. The molecule has 4 N–H and O–H groups in total. The van der Waals surface area contributed by atoms with E-state index in [9.17, 15) is 4.79 Å². The van der Waals surface area contributed by atoms with Gasteiger partial charge in [-0.15, -0.1) is 0 Å². The molecule has 0 spiro atoms. The van der Waals surface area contributed by atoms with Gasteiger partial charge in [0.2, 0.25) is 5.91 Å². The maximum absolute atomic E-state index is 11.2. The van der Waals surface area contributed by atoms with Crippen molar-refractivity contribution < 1.29 is 14.7 Å². The average Bonchev–Trinajstić information content (AvgIpc) is 2.16. The van der Waals surface area contributed by atoms with Crippen LogP contribution in [-0.4, -0.2) is 36.2 Å². The number of methoxy groups -OCH3 is 1. The van der Waals surface area contributed by atoms with Crippen LogP contribution in [0.2, 0.25) is 0 Å². The lowest BCUT2D eigenvalue weighted by Gasteiger charge is -2.27. The smallest absolute Gasteiger partial charge is 0.246 e. The Labute approximate surface area is 83.1 Å². The lowest BCUT2D eigenvalue weighted by molar-refractivity contribution is -0.125. The number of carbonyl (C=O) groups excluding carboxylic acids is 1. The van der Waals surface area contributed by atoms with Crippen LogP contribution in [0.15, 0.2) is 5.16 Å². The highest BCUT2D eigenvalue weighted by atomic mass is 16.5. The highest BCUT2D eigenvalue weighted by Gasteiger charge is 2.29. The van der Waals surface area contributed by atoms with Crippen LogP contribution in [0.3, 0.4) is 0 Å². The molecule has 0 radical (unpaired) electrons. The van der Waals surface area contributed by atoms with Gasteiger partial charge in [0, 0.05) is 7.11 Å². The molecular weight excluding hydrogens is 186 g/mol. The lowest BCUT2D eigenvalue weighted by Crippen LogP contribution is -2.55. The van der Waals surface area contributed by atoms with Crippen LogP contribution in [0.4, 0.5) is 0 Å². The van der Waals surface area contributed by atoms with Crippen LogP contribution in [0.25, 0.3) is 0 Å². The number of carbonyl (C=O) groups is 1. The number of hydrogen-bond acceptors (Lipinski definition) is 4. The zero-order valence-electron chi connectivity index (χ0n) is 8.70. The van der Waals surface area contributed by atoms with Crippen molar-refractivity contribution in [3.8, 4) is 0 Å². The van der Waals surface area contributed by atoms with Gasteiger partial charge in [0.15, 0.2) is 5.84 Å². The van der Waals surface area contributed by atoms with Crippen molar-refractivity contribution in [2.24, 2.45) is 10.9 Å².